The lowest BCUT2D eigenvalue weighted by Gasteiger charge is -2.38. The first-order chi connectivity index (χ1) is 7.99. The molecule has 1 saturated heterocycles. The highest BCUT2D eigenvalue weighted by atomic mass is 35.5. The summed E-state index contributed by atoms with van der Waals surface area (Å²) in [5.74, 6) is 0.300. The molecule has 1 aromatic rings. The maximum atomic E-state index is 13.9. The van der Waals surface area contributed by atoms with E-state index in [1.165, 1.54) is 0 Å². The molecule has 0 aromatic carbocycles. The van der Waals surface area contributed by atoms with Gasteiger partial charge in [-0.15, -0.1) is 0 Å². The molecule has 1 fully saturated rings. The molecule has 2 rings (SSSR count). The van der Waals surface area contributed by atoms with Gasteiger partial charge in [0.25, 0.3) is 0 Å². The van der Waals surface area contributed by atoms with Crippen LogP contribution in [0.25, 0.3) is 0 Å². The summed E-state index contributed by atoms with van der Waals surface area (Å²) in [6, 6.07) is 0.372. The van der Waals surface area contributed by atoms with Gasteiger partial charge >= 0.3 is 0 Å². The first-order valence-corrected chi connectivity index (χ1v) is 6.01. The van der Waals surface area contributed by atoms with E-state index in [0.29, 0.717) is 17.7 Å². The van der Waals surface area contributed by atoms with Gasteiger partial charge in [-0.25, -0.2) is 9.97 Å². The van der Waals surface area contributed by atoms with Crippen molar-refractivity contribution in [3.05, 3.63) is 16.8 Å². The van der Waals surface area contributed by atoms with Gasteiger partial charge in [-0.1, -0.05) is 11.6 Å². The summed E-state index contributed by atoms with van der Waals surface area (Å²) in [6.45, 7) is 6.22. The quantitative estimate of drug-likeness (QED) is 0.718. The van der Waals surface area contributed by atoms with Crippen molar-refractivity contribution >= 4 is 17.4 Å². The summed E-state index contributed by atoms with van der Waals surface area (Å²) >= 11 is 5.74. The molecule has 17 heavy (non-hydrogen) atoms. The van der Waals surface area contributed by atoms with Crippen molar-refractivity contribution < 1.29 is 4.39 Å². The van der Waals surface area contributed by atoms with Crippen molar-refractivity contribution in [2.45, 2.75) is 19.9 Å². The lowest BCUT2D eigenvalue weighted by molar-refractivity contribution is 0.232. The molecule has 0 N–H and O–H groups in total. The Morgan fingerprint density at radius 1 is 1.35 bits per heavy atom. The molecule has 0 radical (unpaired) electrons. The molecule has 0 bridgehead atoms. The lowest BCUT2D eigenvalue weighted by Crippen LogP contribution is -2.50. The Kier molecular flexibility index (Phi) is 3.49. The van der Waals surface area contributed by atoms with Crippen molar-refractivity contribution in [3.8, 4) is 0 Å². The first-order valence-electron chi connectivity index (χ1n) is 5.64. The van der Waals surface area contributed by atoms with Crippen molar-refractivity contribution in [1.29, 1.82) is 0 Å². The molecule has 0 saturated carbocycles. The van der Waals surface area contributed by atoms with Crippen LogP contribution >= 0.6 is 11.6 Å². The van der Waals surface area contributed by atoms with Crippen molar-refractivity contribution in [3.63, 3.8) is 0 Å². The topological polar surface area (TPSA) is 32.3 Å². The molecule has 1 aromatic heterocycles. The van der Waals surface area contributed by atoms with Gasteiger partial charge in [0.2, 0.25) is 5.82 Å². The van der Waals surface area contributed by atoms with Gasteiger partial charge in [0.1, 0.15) is 5.82 Å². The second-order valence-corrected chi connectivity index (χ2v) is 4.83. The summed E-state index contributed by atoms with van der Waals surface area (Å²) in [5, 5.41) is -0.0981. The van der Waals surface area contributed by atoms with Crippen LogP contribution in [-0.4, -0.2) is 47.6 Å². The van der Waals surface area contributed by atoms with E-state index in [9.17, 15) is 4.39 Å². The van der Waals surface area contributed by atoms with E-state index in [1.54, 1.807) is 6.92 Å². The molecule has 0 aliphatic carbocycles. The zero-order valence-electron chi connectivity index (χ0n) is 10.2. The number of halogens is 2. The largest absolute Gasteiger partial charge is 0.351 e. The summed E-state index contributed by atoms with van der Waals surface area (Å²) in [5.41, 5.74) is 0. The average Bonchev–Trinajstić information content (AvgIpc) is 2.27. The predicted molar refractivity (Wildman–Crippen MR) is 66.0 cm³/mol. The van der Waals surface area contributed by atoms with E-state index in [0.717, 1.165) is 19.6 Å². The highest BCUT2D eigenvalue weighted by Gasteiger charge is 2.25. The van der Waals surface area contributed by atoms with Gasteiger partial charge < -0.3 is 9.80 Å². The van der Waals surface area contributed by atoms with Gasteiger partial charge in [0, 0.05) is 25.7 Å². The van der Waals surface area contributed by atoms with Crippen molar-refractivity contribution in [1.82, 2.24) is 14.9 Å². The van der Waals surface area contributed by atoms with Crippen LogP contribution < -0.4 is 4.90 Å². The second kappa shape index (κ2) is 4.74. The molecule has 1 aliphatic heterocycles. The summed E-state index contributed by atoms with van der Waals surface area (Å²) in [4.78, 5) is 12.1. The zero-order valence-corrected chi connectivity index (χ0v) is 11.0. The maximum Gasteiger partial charge on any atom is 0.202 e. The van der Waals surface area contributed by atoms with Gasteiger partial charge in [-0.3, -0.25) is 0 Å². The number of hydrogen-bond acceptors (Lipinski definition) is 4. The molecule has 0 amide bonds. The number of nitrogens with zero attached hydrogens (tertiary/aromatic N) is 4. The Hall–Kier alpha value is -0.940. The van der Waals surface area contributed by atoms with E-state index in [2.05, 4.69) is 28.8 Å². The Morgan fingerprint density at radius 2 is 2.06 bits per heavy atom. The van der Waals surface area contributed by atoms with Crippen LogP contribution in [0.2, 0.25) is 5.15 Å². The average molecular weight is 259 g/mol. The molecule has 0 spiro atoms. The minimum atomic E-state index is -0.519. The van der Waals surface area contributed by atoms with E-state index in [4.69, 9.17) is 11.6 Å². The van der Waals surface area contributed by atoms with Crippen LogP contribution in [0, 0.1) is 12.7 Å². The highest BCUT2D eigenvalue weighted by Crippen LogP contribution is 2.24. The fourth-order valence-electron chi connectivity index (χ4n) is 1.96. The smallest absolute Gasteiger partial charge is 0.202 e. The number of piperazine rings is 1. The molecule has 1 unspecified atom stereocenters. The van der Waals surface area contributed by atoms with Crippen LogP contribution in [0.4, 0.5) is 10.2 Å². The number of anilines is 1. The Bertz CT molecular complexity index is 426. The number of rotatable bonds is 1. The van der Waals surface area contributed by atoms with Crippen molar-refractivity contribution in [2.75, 3.05) is 31.6 Å². The van der Waals surface area contributed by atoms with E-state index in [1.807, 2.05) is 4.90 Å². The normalized spacial score (nSPS) is 21.9. The van der Waals surface area contributed by atoms with Gasteiger partial charge in [-0.2, -0.15) is 4.39 Å². The van der Waals surface area contributed by atoms with Gasteiger partial charge in [0.05, 0.1) is 0 Å². The Morgan fingerprint density at radius 3 is 2.71 bits per heavy atom. The molecule has 1 aliphatic rings. The third kappa shape index (κ3) is 2.50. The van der Waals surface area contributed by atoms with Gasteiger partial charge in [0.15, 0.2) is 11.0 Å². The summed E-state index contributed by atoms with van der Waals surface area (Å²) < 4.78 is 13.9. The Labute approximate surface area is 105 Å². The maximum absolute atomic E-state index is 13.9. The molecule has 94 valence electrons. The zero-order chi connectivity index (χ0) is 12.6. The summed E-state index contributed by atoms with van der Waals surface area (Å²) in [6.07, 6.45) is 0. The SMILES string of the molecule is Cc1nc(Cl)c(F)c(N2CCN(C)C(C)C2)n1. The lowest BCUT2D eigenvalue weighted by atomic mass is 10.2. The molecule has 2 heterocycles. The third-order valence-electron chi connectivity index (χ3n) is 3.16. The minimum absolute atomic E-state index is 0.0981. The monoisotopic (exact) mass is 258 g/mol. The first kappa shape index (κ1) is 12.5. The van der Waals surface area contributed by atoms with E-state index in [-0.39, 0.29) is 5.15 Å². The number of aryl methyl sites for hydroxylation is 1. The van der Waals surface area contributed by atoms with Crippen molar-refractivity contribution in [2.24, 2.45) is 0 Å². The van der Waals surface area contributed by atoms with Crippen LogP contribution in [0.5, 0.6) is 0 Å². The van der Waals surface area contributed by atoms with Crippen LogP contribution in [-0.2, 0) is 0 Å². The van der Waals surface area contributed by atoms with Crippen LogP contribution in [0.15, 0.2) is 0 Å². The van der Waals surface area contributed by atoms with E-state index < -0.39 is 5.82 Å². The molecular formula is C11H16ClFN4. The Balaban J connectivity index is 2.28. The van der Waals surface area contributed by atoms with Crippen LogP contribution in [0.3, 0.4) is 0 Å². The van der Waals surface area contributed by atoms with Crippen LogP contribution in [0.1, 0.15) is 12.7 Å². The molecule has 4 nitrogen and oxygen atoms in total. The van der Waals surface area contributed by atoms with Gasteiger partial charge in [-0.05, 0) is 20.9 Å². The summed E-state index contributed by atoms with van der Waals surface area (Å²) in [7, 11) is 2.07. The predicted octanol–water partition coefficient (Wildman–Crippen LogP) is 1.72. The number of hydrogen-bond donors (Lipinski definition) is 0. The second-order valence-electron chi connectivity index (χ2n) is 4.47. The molecular weight excluding hydrogens is 243 g/mol. The fourth-order valence-corrected chi connectivity index (χ4v) is 2.17. The fraction of sp³-hybridized carbons (Fsp3) is 0.636. The van der Waals surface area contributed by atoms with E-state index >= 15 is 0 Å². The third-order valence-corrected chi connectivity index (χ3v) is 3.41. The standard InChI is InChI=1S/C11H16ClFN4/c1-7-6-17(5-4-16(7)3)11-9(13)10(12)14-8(2)15-11/h7H,4-6H2,1-3H3. The molecule has 1 atom stereocenters. The minimum Gasteiger partial charge on any atom is -0.351 e. The molecule has 6 heteroatoms. The number of aromatic nitrogens is 2. The number of likely N-dealkylation sites (N-methyl/N-ethyl adjacent to an activating group) is 1. The highest BCUT2D eigenvalue weighted by molar-refractivity contribution is 6.29.